The average molecular weight is 389 g/mol. The first kappa shape index (κ1) is 23.0. The zero-order valence-corrected chi connectivity index (χ0v) is 17.7. The Balaban J connectivity index is 1.42. The van der Waals surface area contributed by atoms with E-state index in [2.05, 4.69) is 37.5 Å². The Morgan fingerprint density at radius 1 is 0.815 bits per heavy atom. The van der Waals surface area contributed by atoms with Crippen molar-refractivity contribution >= 4 is 0 Å². The Morgan fingerprint density at radius 2 is 1.26 bits per heavy atom. The summed E-state index contributed by atoms with van der Waals surface area (Å²) in [5.41, 5.74) is 0. The quantitative estimate of drug-likeness (QED) is 0.499. The van der Waals surface area contributed by atoms with Gasteiger partial charge in [0.05, 0.1) is 64.1 Å². The third-order valence-electron chi connectivity index (χ3n) is 4.98. The zero-order valence-electron chi connectivity index (χ0n) is 17.7. The van der Waals surface area contributed by atoms with Gasteiger partial charge in [-0.2, -0.15) is 0 Å². The summed E-state index contributed by atoms with van der Waals surface area (Å²) in [6, 6.07) is 0. The molecule has 160 valence electrons. The Hall–Kier alpha value is -0.280. The fourth-order valence-electron chi connectivity index (χ4n) is 3.45. The van der Waals surface area contributed by atoms with Gasteiger partial charge in [0.15, 0.2) is 0 Å². The summed E-state index contributed by atoms with van der Waals surface area (Å²) in [6.45, 7) is 18.6. The van der Waals surface area contributed by atoms with E-state index in [1.54, 1.807) is 0 Å². The lowest BCUT2D eigenvalue weighted by molar-refractivity contribution is -0.0651. The van der Waals surface area contributed by atoms with Crippen molar-refractivity contribution in [3.05, 3.63) is 0 Å². The van der Waals surface area contributed by atoms with Gasteiger partial charge in [-0.25, -0.2) is 0 Å². The minimum absolute atomic E-state index is 0.102. The molecular weight excluding hydrogens is 348 g/mol. The number of rotatable bonds is 12. The molecule has 4 unspecified atom stereocenters. The van der Waals surface area contributed by atoms with E-state index < -0.39 is 0 Å². The third kappa shape index (κ3) is 10.2. The molecule has 2 fully saturated rings. The molecular formula is C20H40N2O5. The van der Waals surface area contributed by atoms with Crippen LogP contribution in [0.2, 0.25) is 0 Å². The maximum absolute atomic E-state index is 5.87. The molecule has 2 rings (SSSR count). The molecule has 0 aliphatic carbocycles. The largest absolute Gasteiger partial charge is 0.376 e. The summed E-state index contributed by atoms with van der Waals surface area (Å²) >= 11 is 0. The van der Waals surface area contributed by atoms with E-state index in [9.17, 15) is 0 Å². The van der Waals surface area contributed by atoms with E-state index in [4.69, 9.17) is 23.7 Å². The van der Waals surface area contributed by atoms with Gasteiger partial charge in [-0.05, 0) is 27.7 Å². The maximum Gasteiger partial charge on any atom is 0.0781 e. The van der Waals surface area contributed by atoms with Crippen molar-refractivity contribution in [3.63, 3.8) is 0 Å². The van der Waals surface area contributed by atoms with E-state index in [-0.39, 0.29) is 12.2 Å². The van der Waals surface area contributed by atoms with Gasteiger partial charge in [0.1, 0.15) is 0 Å². The van der Waals surface area contributed by atoms with Crippen LogP contribution >= 0.6 is 0 Å². The molecule has 7 nitrogen and oxygen atoms in total. The number of nitrogens with zero attached hydrogens (tertiary/aromatic N) is 2. The first-order valence-corrected chi connectivity index (χ1v) is 10.5. The smallest absolute Gasteiger partial charge is 0.0781 e. The summed E-state index contributed by atoms with van der Waals surface area (Å²) in [5, 5.41) is 0. The molecule has 2 aliphatic heterocycles. The van der Waals surface area contributed by atoms with Crippen LogP contribution in [0.5, 0.6) is 0 Å². The van der Waals surface area contributed by atoms with E-state index in [1.807, 2.05) is 0 Å². The van der Waals surface area contributed by atoms with Crippen molar-refractivity contribution in [1.82, 2.24) is 9.80 Å². The molecule has 0 amide bonds. The van der Waals surface area contributed by atoms with Crippen LogP contribution in [0.1, 0.15) is 27.7 Å². The monoisotopic (exact) mass is 388 g/mol. The van der Waals surface area contributed by atoms with Crippen LogP contribution in [0.15, 0.2) is 0 Å². The van der Waals surface area contributed by atoms with Crippen molar-refractivity contribution in [2.75, 3.05) is 78.9 Å². The van der Waals surface area contributed by atoms with Crippen LogP contribution in [0.4, 0.5) is 0 Å². The highest BCUT2D eigenvalue weighted by Crippen LogP contribution is 2.05. The summed E-state index contributed by atoms with van der Waals surface area (Å²) in [5.74, 6) is 0. The SMILES string of the molecule is CC(COCC(C)OCCN1CCOC(C)C1)OCCN1CCOC(C)C1. The second-order valence-electron chi connectivity index (χ2n) is 7.86. The van der Waals surface area contributed by atoms with Crippen LogP contribution in [0.25, 0.3) is 0 Å². The molecule has 0 N–H and O–H groups in total. The molecule has 2 saturated heterocycles. The molecule has 7 heteroatoms. The Kier molecular flexibility index (Phi) is 11.1. The Labute approximate surface area is 165 Å². The second kappa shape index (κ2) is 13.0. The summed E-state index contributed by atoms with van der Waals surface area (Å²) in [7, 11) is 0. The fraction of sp³-hybridized carbons (Fsp3) is 1.00. The number of morpholine rings is 2. The molecule has 0 bridgehead atoms. The van der Waals surface area contributed by atoms with Gasteiger partial charge < -0.3 is 23.7 Å². The predicted molar refractivity (Wildman–Crippen MR) is 105 cm³/mol. The molecule has 0 aromatic carbocycles. The van der Waals surface area contributed by atoms with Gasteiger partial charge >= 0.3 is 0 Å². The zero-order chi connectivity index (χ0) is 19.5. The van der Waals surface area contributed by atoms with E-state index in [0.717, 1.165) is 65.7 Å². The van der Waals surface area contributed by atoms with Gasteiger partial charge in [0, 0.05) is 39.3 Å². The highest BCUT2D eigenvalue weighted by atomic mass is 16.6. The summed E-state index contributed by atoms with van der Waals surface area (Å²) in [6.07, 6.45) is 0.858. The van der Waals surface area contributed by atoms with Crippen LogP contribution in [-0.2, 0) is 23.7 Å². The molecule has 0 aromatic rings. The standard InChI is InChI=1S/C20H40N2O5/c1-17-13-21(5-9-24-17)7-11-26-19(3)15-23-16-20(4)27-12-8-22-6-10-25-18(2)14-22/h17-20H,5-16H2,1-4H3. The van der Waals surface area contributed by atoms with Crippen molar-refractivity contribution < 1.29 is 23.7 Å². The summed E-state index contributed by atoms with van der Waals surface area (Å²) < 4.78 is 28.6. The average Bonchev–Trinajstić information content (AvgIpc) is 2.62. The van der Waals surface area contributed by atoms with Gasteiger partial charge in [-0.1, -0.05) is 0 Å². The van der Waals surface area contributed by atoms with Crippen molar-refractivity contribution in [2.45, 2.75) is 52.1 Å². The predicted octanol–water partition coefficient (Wildman–Crippen LogP) is 1.25. The van der Waals surface area contributed by atoms with Gasteiger partial charge in [0.2, 0.25) is 0 Å². The molecule has 0 spiro atoms. The van der Waals surface area contributed by atoms with Crippen molar-refractivity contribution in [3.8, 4) is 0 Å². The van der Waals surface area contributed by atoms with E-state index >= 15 is 0 Å². The lowest BCUT2D eigenvalue weighted by Crippen LogP contribution is -2.43. The van der Waals surface area contributed by atoms with Crippen molar-refractivity contribution in [1.29, 1.82) is 0 Å². The van der Waals surface area contributed by atoms with E-state index in [1.165, 1.54) is 0 Å². The van der Waals surface area contributed by atoms with Gasteiger partial charge in [0.25, 0.3) is 0 Å². The first-order valence-electron chi connectivity index (χ1n) is 10.5. The summed E-state index contributed by atoms with van der Waals surface area (Å²) in [4.78, 5) is 4.79. The van der Waals surface area contributed by atoms with Crippen molar-refractivity contribution in [2.24, 2.45) is 0 Å². The number of hydrogen-bond acceptors (Lipinski definition) is 7. The molecule has 2 aliphatic rings. The second-order valence-corrected chi connectivity index (χ2v) is 7.86. The third-order valence-corrected chi connectivity index (χ3v) is 4.98. The van der Waals surface area contributed by atoms with Gasteiger partial charge in [-0.3, -0.25) is 9.80 Å². The molecule has 0 radical (unpaired) electrons. The lowest BCUT2D eigenvalue weighted by atomic mass is 10.3. The number of hydrogen-bond donors (Lipinski definition) is 0. The minimum atomic E-state index is 0.102. The Bertz CT molecular complexity index is 353. The maximum atomic E-state index is 5.87. The van der Waals surface area contributed by atoms with Crippen LogP contribution in [0.3, 0.4) is 0 Å². The molecule has 0 saturated carbocycles. The molecule has 27 heavy (non-hydrogen) atoms. The molecule has 2 heterocycles. The highest BCUT2D eigenvalue weighted by molar-refractivity contribution is 4.68. The topological polar surface area (TPSA) is 52.6 Å². The minimum Gasteiger partial charge on any atom is -0.376 e. The van der Waals surface area contributed by atoms with Crippen LogP contribution in [-0.4, -0.2) is 113 Å². The highest BCUT2D eigenvalue weighted by Gasteiger charge is 2.17. The van der Waals surface area contributed by atoms with Crippen LogP contribution < -0.4 is 0 Å². The first-order chi connectivity index (χ1) is 13.0. The lowest BCUT2D eigenvalue weighted by Gasteiger charge is -2.31. The fourth-order valence-corrected chi connectivity index (χ4v) is 3.45. The normalized spacial score (nSPS) is 27.6. The number of ether oxygens (including phenoxy) is 5. The molecule has 0 aromatic heterocycles. The Morgan fingerprint density at radius 3 is 1.67 bits per heavy atom. The molecule has 4 atom stereocenters. The van der Waals surface area contributed by atoms with E-state index in [0.29, 0.717) is 25.4 Å². The van der Waals surface area contributed by atoms with Gasteiger partial charge in [-0.15, -0.1) is 0 Å². The van der Waals surface area contributed by atoms with Crippen LogP contribution in [0, 0.1) is 0 Å².